The standard InChI is InChI=1S/C17H15N3O4/c21-15(18-12-10-23-13-5-2-1-4-11(12)13)7-8-16-19-17(20-24-16)14-6-3-9-22-14/h1-6,9,12H,7-8,10H2,(H,18,21)/t12-/m0/s1. The monoisotopic (exact) mass is 325 g/mol. The lowest BCUT2D eigenvalue weighted by Gasteiger charge is -2.10. The number of rotatable bonds is 5. The summed E-state index contributed by atoms with van der Waals surface area (Å²) in [6.45, 7) is 0.453. The molecular formula is C17H15N3O4. The van der Waals surface area contributed by atoms with E-state index in [2.05, 4.69) is 15.5 Å². The molecule has 0 bridgehead atoms. The highest BCUT2D eigenvalue weighted by Gasteiger charge is 2.25. The molecule has 1 atom stereocenters. The Morgan fingerprint density at radius 1 is 1.25 bits per heavy atom. The van der Waals surface area contributed by atoms with Crippen molar-refractivity contribution in [1.82, 2.24) is 15.5 Å². The highest BCUT2D eigenvalue weighted by molar-refractivity contribution is 5.77. The summed E-state index contributed by atoms with van der Waals surface area (Å²) in [6.07, 6.45) is 2.17. The van der Waals surface area contributed by atoms with Crippen LogP contribution in [0.15, 0.2) is 51.6 Å². The first-order chi connectivity index (χ1) is 11.8. The van der Waals surface area contributed by atoms with E-state index in [9.17, 15) is 4.79 Å². The van der Waals surface area contributed by atoms with Gasteiger partial charge in [0.25, 0.3) is 0 Å². The molecule has 122 valence electrons. The fraction of sp³-hybridized carbons (Fsp3) is 0.235. The number of para-hydroxylation sites is 1. The predicted octanol–water partition coefficient (Wildman–Crippen LogP) is 2.51. The van der Waals surface area contributed by atoms with Crippen LogP contribution < -0.4 is 10.1 Å². The minimum Gasteiger partial charge on any atom is -0.491 e. The summed E-state index contributed by atoms with van der Waals surface area (Å²) < 4.78 is 15.9. The van der Waals surface area contributed by atoms with E-state index in [1.807, 2.05) is 24.3 Å². The Labute approximate surface area is 137 Å². The van der Waals surface area contributed by atoms with Crippen LogP contribution in [0.3, 0.4) is 0 Å². The van der Waals surface area contributed by atoms with E-state index in [1.54, 1.807) is 18.4 Å². The third kappa shape index (κ3) is 2.88. The molecule has 7 heteroatoms. The lowest BCUT2D eigenvalue weighted by Crippen LogP contribution is -2.29. The van der Waals surface area contributed by atoms with E-state index in [-0.39, 0.29) is 18.4 Å². The second-order valence-corrected chi connectivity index (χ2v) is 5.46. The van der Waals surface area contributed by atoms with Crippen LogP contribution in [0.1, 0.15) is 23.9 Å². The van der Waals surface area contributed by atoms with E-state index in [1.165, 1.54) is 0 Å². The number of aryl methyl sites for hydroxylation is 1. The average molecular weight is 325 g/mol. The molecule has 24 heavy (non-hydrogen) atoms. The second-order valence-electron chi connectivity index (χ2n) is 5.46. The van der Waals surface area contributed by atoms with Gasteiger partial charge in [0.1, 0.15) is 12.4 Å². The Kier molecular flexibility index (Phi) is 3.74. The number of ether oxygens (including phenoxy) is 1. The van der Waals surface area contributed by atoms with Crippen LogP contribution in [0.5, 0.6) is 5.75 Å². The molecule has 2 aromatic heterocycles. The van der Waals surface area contributed by atoms with E-state index in [4.69, 9.17) is 13.7 Å². The lowest BCUT2D eigenvalue weighted by molar-refractivity contribution is -0.122. The molecule has 4 rings (SSSR count). The molecule has 1 N–H and O–H groups in total. The van der Waals surface area contributed by atoms with Crippen LogP contribution in [-0.2, 0) is 11.2 Å². The molecule has 0 saturated carbocycles. The van der Waals surface area contributed by atoms with E-state index in [0.717, 1.165) is 11.3 Å². The molecule has 0 radical (unpaired) electrons. The summed E-state index contributed by atoms with van der Waals surface area (Å²) in [6, 6.07) is 11.1. The number of furan rings is 1. The van der Waals surface area contributed by atoms with Gasteiger partial charge in [-0.15, -0.1) is 0 Å². The number of benzene rings is 1. The average Bonchev–Trinajstić information content (AvgIpc) is 3.34. The van der Waals surface area contributed by atoms with Gasteiger partial charge in [-0.05, 0) is 18.2 Å². The number of hydrogen-bond donors (Lipinski definition) is 1. The first-order valence-corrected chi connectivity index (χ1v) is 7.67. The van der Waals surface area contributed by atoms with Crippen molar-refractivity contribution in [3.05, 3.63) is 54.1 Å². The number of hydrogen-bond acceptors (Lipinski definition) is 6. The van der Waals surface area contributed by atoms with Gasteiger partial charge < -0.3 is 19.0 Å². The molecule has 0 spiro atoms. The number of nitrogens with zero attached hydrogens (tertiary/aromatic N) is 2. The Balaban J connectivity index is 1.33. The maximum Gasteiger partial charge on any atom is 0.238 e. The number of carbonyl (C=O) groups excluding carboxylic acids is 1. The van der Waals surface area contributed by atoms with Crippen molar-refractivity contribution in [2.75, 3.05) is 6.61 Å². The molecule has 1 aliphatic rings. The topological polar surface area (TPSA) is 90.4 Å². The first-order valence-electron chi connectivity index (χ1n) is 7.67. The van der Waals surface area contributed by atoms with Crippen molar-refractivity contribution in [2.24, 2.45) is 0 Å². The minimum absolute atomic E-state index is 0.0851. The van der Waals surface area contributed by atoms with Crippen molar-refractivity contribution in [1.29, 1.82) is 0 Å². The fourth-order valence-electron chi connectivity index (χ4n) is 2.63. The van der Waals surface area contributed by atoms with Gasteiger partial charge in [0, 0.05) is 18.4 Å². The molecule has 1 amide bonds. The van der Waals surface area contributed by atoms with E-state index >= 15 is 0 Å². The molecule has 0 saturated heterocycles. The third-order valence-electron chi connectivity index (χ3n) is 3.81. The van der Waals surface area contributed by atoms with Gasteiger partial charge in [-0.1, -0.05) is 23.4 Å². The van der Waals surface area contributed by atoms with Crippen molar-refractivity contribution < 1.29 is 18.5 Å². The molecule has 0 unspecified atom stereocenters. The fourth-order valence-corrected chi connectivity index (χ4v) is 2.63. The highest BCUT2D eigenvalue weighted by Crippen LogP contribution is 2.31. The molecule has 0 fully saturated rings. The molecule has 0 aliphatic carbocycles. The summed E-state index contributed by atoms with van der Waals surface area (Å²) in [4.78, 5) is 16.4. The van der Waals surface area contributed by atoms with Gasteiger partial charge in [-0.3, -0.25) is 4.79 Å². The van der Waals surface area contributed by atoms with Crippen LogP contribution in [0, 0.1) is 0 Å². The summed E-state index contributed by atoms with van der Waals surface area (Å²) in [7, 11) is 0. The van der Waals surface area contributed by atoms with Crippen LogP contribution >= 0.6 is 0 Å². The molecule has 1 aliphatic heterocycles. The summed E-state index contributed by atoms with van der Waals surface area (Å²) in [5.74, 6) is 2.06. The predicted molar refractivity (Wildman–Crippen MR) is 83.1 cm³/mol. The second kappa shape index (κ2) is 6.19. The van der Waals surface area contributed by atoms with Crippen molar-refractivity contribution in [3.8, 4) is 17.3 Å². The lowest BCUT2D eigenvalue weighted by atomic mass is 10.1. The van der Waals surface area contributed by atoms with Crippen molar-refractivity contribution in [2.45, 2.75) is 18.9 Å². The molecule has 3 aromatic rings. The van der Waals surface area contributed by atoms with Gasteiger partial charge in [-0.2, -0.15) is 4.98 Å². The number of aromatic nitrogens is 2. The highest BCUT2D eigenvalue weighted by atomic mass is 16.5. The molecule has 7 nitrogen and oxygen atoms in total. The zero-order valence-corrected chi connectivity index (χ0v) is 12.8. The summed E-state index contributed by atoms with van der Waals surface area (Å²) in [5, 5.41) is 6.81. The Hall–Kier alpha value is -3.09. The van der Waals surface area contributed by atoms with Crippen molar-refractivity contribution in [3.63, 3.8) is 0 Å². The number of fused-ring (bicyclic) bond motifs is 1. The van der Waals surface area contributed by atoms with Gasteiger partial charge in [0.15, 0.2) is 5.76 Å². The summed E-state index contributed by atoms with van der Waals surface area (Å²) >= 11 is 0. The molecule has 1 aromatic carbocycles. The van der Waals surface area contributed by atoms with Gasteiger partial charge in [0.05, 0.1) is 12.3 Å². The third-order valence-corrected chi connectivity index (χ3v) is 3.81. The zero-order valence-electron chi connectivity index (χ0n) is 12.8. The van der Waals surface area contributed by atoms with Crippen LogP contribution in [-0.4, -0.2) is 22.7 Å². The van der Waals surface area contributed by atoms with Crippen LogP contribution in [0.4, 0.5) is 0 Å². The Bertz CT molecular complexity index is 841. The van der Waals surface area contributed by atoms with Gasteiger partial charge >= 0.3 is 0 Å². The number of carbonyl (C=O) groups is 1. The first kappa shape index (κ1) is 14.5. The van der Waals surface area contributed by atoms with Crippen molar-refractivity contribution >= 4 is 5.91 Å². The van der Waals surface area contributed by atoms with Crippen LogP contribution in [0.2, 0.25) is 0 Å². The van der Waals surface area contributed by atoms with E-state index in [0.29, 0.717) is 30.5 Å². The molecular weight excluding hydrogens is 310 g/mol. The van der Waals surface area contributed by atoms with Gasteiger partial charge in [0.2, 0.25) is 17.6 Å². The molecule has 3 heterocycles. The number of nitrogens with one attached hydrogen (secondary N) is 1. The minimum atomic E-state index is -0.116. The van der Waals surface area contributed by atoms with Gasteiger partial charge in [-0.25, -0.2) is 0 Å². The zero-order chi connectivity index (χ0) is 16.4. The Morgan fingerprint density at radius 2 is 2.17 bits per heavy atom. The quantitative estimate of drug-likeness (QED) is 0.775. The largest absolute Gasteiger partial charge is 0.491 e. The number of amides is 1. The summed E-state index contributed by atoms with van der Waals surface area (Å²) in [5.41, 5.74) is 1.00. The maximum atomic E-state index is 12.1. The van der Waals surface area contributed by atoms with Crippen LogP contribution in [0.25, 0.3) is 11.6 Å². The maximum absolute atomic E-state index is 12.1. The SMILES string of the molecule is O=C(CCc1nc(-c2ccco2)no1)N[C@H]1COc2ccccc21. The Morgan fingerprint density at radius 3 is 3.04 bits per heavy atom. The van der Waals surface area contributed by atoms with E-state index < -0.39 is 0 Å². The normalized spacial score (nSPS) is 15.8. The smallest absolute Gasteiger partial charge is 0.238 e.